The predicted octanol–water partition coefficient (Wildman–Crippen LogP) is 1.96. The van der Waals surface area contributed by atoms with E-state index in [1.165, 1.54) is 6.20 Å². The fraction of sp³-hybridized carbons (Fsp3) is 0.412. The standard InChI is InChI=1S/C17H17N3O3/c21-15(14-8-18-12-5-1-2-6-13(12)19-14)20-9-11-4-3-7-17(11,10-20)16(22)23/h1-2,5-6,8,11H,3-4,7,9-10H2,(H,22,23)/t11-,17+/m0/s1. The van der Waals surface area contributed by atoms with Crippen LogP contribution in [0.4, 0.5) is 0 Å². The lowest BCUT2D eigenvalue weighted by atomic mass is 9.81. The zero-order valence-electron chi connectivity index (χ0n) is 12.6. The van der Waals surface area contributed by atoms with Crippen molar-refractivity contribution >= 4 is 22.9 Å². The topological polar surface area (TPSA) is 83.4 Å². The molecule has 118 valence electrons. The molecule has 1 amide bonds. The van der Waals surface area contributed by atoms with E-state index >= 15 is 0 Å². The van der Waals surface area contributed by atoms with Gasteiger partial charge in [0, 0.05) is 13.1 Å². The molecule has 6 nitrogen and oxygen atoms in total. The number of benzene rings is 1. The highest BCUT2D eigenvalue weighted by Crippen LogP contribution is 2.49. The average molecular weight is 311 g/mol. The number of aromatic nitrogens is 2. The van der Waals surface area contributed by atoms with Crippen LogP contribution in [0.2, 0.25) is 0 Å². The Hall–Kier alpha value is -2.50. The van der Waals surface area contributed by atoms with Gasteiger partial charge in [-0.3, -0.25) is 14.6 Å². The van der Waals surface area contributed by atoms with Gasteiger partial charge in [-0.05, 0) is 30.9 Å². The van der Waals surface area contributed by atoms with E-state index < -0.39 is 11.4 Å². The summed E-state index contributed by atoms with van der Waals surface area (Å²) in [7, 11) is 0. The molecule has 0 radical (unpaired) electrons. The van der Waals surface area contributed by atoms with Gasteiger partial charge in [0.25, 0.3) is 5.91 Å². The van der Waals surface area contributed by atoms with E-state index in [0.29, 0.717) is 18.5 Å². The minimum absolute atomic E-state index is 0.0531. The van der Waals surface area contributed by atoms with Crippen molar-refractivity contribution in [3.63, 3.8) is 0 Å². The Morgan fingerprint density at radius 3 is 2.78 bits per heavy atom. The maximum absolute atomic E-state index is 12.7. The van der Waals surface area contributed by atoms with E-state index in [1.807, 2.05) is 24.3 Å². The smallest absolute Gasteiger partial charge is 0.311 e. The first-order valence-electron chi connectivity index (χ1n) is 7.85. The van der Waals surface area contributed by atoms with Crippen molar-refractivity contribution in [3.8, 4) is 0 Å². The normalized spacial score (nSPS) is 26.4. The van der Waals surface area contributed by atoms with Crippen molar-refractivity contribution in [1.29, 1.82) is 0 Å². The third kappa shape index (κ3) is 2.09. The van der Waals surface area contributed by atoms with Gasteiger partial charge >= 0.3 is 5.97 Å². The van der Waals surface area contributed by atoms with E-state index in [-0.39, 0.29) is 24.1 Å². The Kier molecular flexibility index (Phi) is 3.07. The summed E-state index contributed by atoms with van der Waals surface area (Å²) in [6.45, 7) is 0.778. The summed E-state index contributed by atoms with van der Waals surface area (Å²) in [6, 6.07) is 7.38. The zero-order valence-corrected chi connectivity index (χ0v) is 12.6. The van der Waals surface area contributed by atoms with Crippen LogP contribution in [-0.4, -0.2) is 44.9 Å². The zero-order chi connectivity index (χ0) is 16.0. The van der Waals surface area contributed by atoms with Gasteiger partial charge in [-0.15, -0.1) is 0 Å². The van der Waals surface area contributed by atoms with Crippen LogP contribution in [0, 0.1) is 11.3 Å². The van der Waals surface area contributed by atoms with Crippen molar-refractivity contribution in [2.75, 3.05) is 13.1 Å². The molecule has 1 N–H and O–H groups in total. The summed E-state index contributed by atoms with van der Waals surface area (Å²) in [5.41, 5.74) is 0.930. The number of rotatable bonds is 2. The first-order chi connectivity index (χ1) is 11.1. The quantitative estimate of drug-likeness (QED) is 0.916. The Balaban J connectivity index is 1.63. The SMILES string of the molecule is O=C(c1cnc2ccccc2n1)N1C[C@@H]2CCC[C@@]2(C(=O)O)C1. The highest BCUT2D eigenvalue weighted by Gasteiger charge is 2.55. The van der Waals surface area contributed by atoms with Crippen molar-refractivity contribution in [2.24, 2.45) is 11.3 Å². The third-order valence-corrected chi connectivity index (χ3v) is 5.25. The highest BCUT2D eigenvalue weighted by molar-refractivity contribution is 5.94. The van der Waals surface area contributed by atoms with Crippen molar-refractivity contribution in [1.82, 2.24) is 14.9 Å². The first kappa shape index (κ1) is 14.1. The molecular weight excluding hydrogens is 294 g/mol. The second-order valence-electron chi connectivity index (χ2n) is 6.48. The van der Waals surface area contributed by atoms with E-state index in [9.17, 15) is 14.7 Å². The number of carboxylic acids is 1. The molecule has 2 heterocycles. The number of likely N-dealkylation sites (tertiary alicyclic amines) is 1. The summed E-state index contributed by atoms with van der Waals surface area (Å²) < 4.78 is 0. The average Bonchev–Trinajstić information content (AvgIpc) is 3.12. The summed E-state index contributed by atoms with van der Waals surface area (Å²) in [6.07, 6.45) is 3.93. The summed E-state index contributed by atoms with van der Waals surface area (Å²) in [5, 5.41) is 9.62. The number of hydrogen-bond donors (Lipinski definition) is 1. The number of para-hydroxylation sites is 2. The molecule has 6 heteroatoms. The Morgan fingerprint density at radius 1 is 1.26 bits per heavy atom. The van der Waals surface area contributed by atoms with Crippen LogP contribution in [0.25, 0.3) is 11.0 Å². The molecule has 1 aliphatic carbocycles. The molecule has 4 rings (SSSR count). The molecule has 1 aromatic carbocycles. The molecule has 1 aromatic heterocycles. The number of fused-ring (bicyclic) bond motifs is 2. The maximum Gasteiger partial charge on any atom is 0.311 e. The Morgan fingerprint density at radius 2 is 2.04 bits per heavy atom. The number of carbonyl (C=O) groups is 2. The molecule has 2 aromatic rings. The van der Waals surface area contributed by atoms with Crippen molar-refractivity contribution < 1.29 is 14.7 Å². The first-order valence-corrected chi connectivity index (χ1v) is 7.85. The van der Waals surface area contributed by atoms with E-state index in [1.54, 1.807) is 4.90 Å². The Labute approximate surface area is 133 Å². The van der Waals surface area contributed by atoms with Gasteiger partial charge in [0.05, 0.1) is 22.6 Å². The van der Waals surface area contributed by atoms with Crippen LogP contribution in [-0.2, 0) is 4.79 Å². The molecule has 1 aliphatic heterocycles. The van der Waals surface area contributed by atoms with Gasteiger partial charge in [0.15, 0.2) is 0 Å². The second kappa shape index (κ2) is 5.01. The number of nitrogens with zero attached hydrogens (tertiary/aromatic N) is 3. The summed E-state index contributed by atoms with van der Waals surface area (Å²) in [4.78, 5) is 34.7. The molecular formula is C17H17N3O3. The summed E-state index contributed by atoms with van der Waals surface area (Å²) in [5.74, 6) is -0.949. The van der Waals surface area contributed by atoms with Gasteiger partial charge in [-0.1, -0.05) is 18.6 Å². The molecule has 0 bridgehead atoms. The van der Waals surface area contributed by atoms with Crippen molar-refractivity contribution in [2.45, 2.75) is 19.3 Å². The molecule has 2 atom stereocenters. The second-order valence-corrected chi connectivity index (χ2v) is 6.48. The molecule has 2 fully saturated rings. The van der Waals surface area contributed by atoms with E-state index in [2.05, 4.69) is 9.97 Å². The van der Waals surface area contributed by atoms with Gasteiger partial charge in [-0.25, -0.2) is 4.98 Å². The molecule has 1 saturated carbocycles. The fourth-order valence-corrected chi connectivity index (χ4v) is 4.02. The van der Waals surface area contributed by atoms with Crippen LogP contribution in [0.15, 0.2) is 30.5 Å². The lowest BCUT2D eigenvalue weighted by Crippen LogP contribution is -2.37. The van der Waals surface area contributed by atoms with Gasteiger partial charge in [-0.2, -0.15) is 0 Å². The lowest BCUT2D eigenvalue weighted by Gasteiger charge is -2.23. The lowest BCUT2D eigenvalue weighted by molar-refractivity contribution is -0.149. The molecule has 0 spiro atoms. The van der Waals surface area contributed by atoms with E-state index in [0.717, 1.165) is 18.4 Å². The molecule has 1 saturated heterocycles. The largest absolute Gasteiger partial charge is 0.481 e. The molecule has 2 aliphatic rings. The molecule has 23 heavy (non-hydrogen) atoms. The highest BCUT2D eigenvalue weighted by atomic mass is 16.4. The van der Waals surface area contributed by atoms with Crippen LogP contribution >= 0.6 is 0 Å². The van der Waals surface area contributed by atoms with Gasteiger partial charge in [0.1, 0.15) is 5.69 Å². The van der Waals surface area contributed by atoms with Crippen molar-refractivity contribution in [3.05, 3.63) is 36.2 Å². The van der Waals surface area contributed by atoms with Crippen LogP contribution in [0.3, 0.4) is 0 Å². The maximum atomic E-state index is 12.7. The number of carboxylic acid groups (broad SMARTS) is 1. The predicted molar refractivity (Wildman–Crippen MR) is 82.9 cm³/mol. The van der Waals surface area contributed by atoms with Gasteiger partial charge < -0.3 is 10.0 Å². The van der Waals surface area contributed by atoms with E-state index in [4.69, 9.17) is 0 Å². The third-order valence-electron chi connectivity index (χ3n) is 5.25. The number of amides is 1. The van der Waals surface area contributed by atoms with Crippen LogP contribution in [0.5, 0.6) is 0 Å². The fourth-order valence-electron chi connectivity index (χ4n) is 4.02. The number of hydrogen-bond acceptors (Lipinski definition) is 4. The number of aliphatic carboxylic acids is 1. The Bertz CT molecular complexity index is 807. The van der Waals surface area contributed by atoms with Crippen LogP contribution < -0.4 is 0 Å². The number of carbonyl (C=O) groups excluding carboxylic acids is 1. The molecule has 0 unspecified atom stereocenters. The minimum atomic E-state index is -0.778. The minimum Gasteiger partial charge on any atom is -0.481 e. The van der Waals surface area contributed by atoms with Gasteiger partial charge in [0.2, 0.25) is 0 Å². The summed E-state index contributed by atoms with van der Waals surface area (Å²) >= 11 is 0. The van der Waals surface area contributed by atoms with Crippen LogP contribution in [0.1, 0.15) is 29.8 Å². The monoisotopic (exact) mass is 311 g/mol.